The number of ether oxygens (including phenoxy) is 1. The molecule has 0 saturated carbocycles. The van der Waals surface area contributed by atoms with Crippen molar-refractivity contribution >= 4 is 11.5 Å². The van der Waals surface area contributed by atoms with Crippen LogP contribution in [0.2, 0.25) is 0 Å². The Morgan fingerprint density at radius 3 is 2.12 bits per heavy atom. The van der Waals surface area contributed by atoms with Crippen LogP contribution in [0.25, 0.3) is 5.57 Å². The molecule has 1 aliphatic heterocycles. The van der Waals surface area contributed by atoms with Gasteiger partial charge in [0, 0.05) is 6.54 Å². The van der Waals surface area contributed by atoms with E-state index in [-0.39, 0.29) is 18.1 Å². The normalized spacial score (nSPS) is 22.8. The molecule has 1 aliphatic rings. The second kappa shape index (κ2) is 7.46. The summed E-state index contributed by atoms with van der Waals surface area (Å²) in [7, 11) is 0. The first-order valence-electron chi connectivity index (χ1n) is 9.15. The molecule has 0 aromatic heterocycles. The number of hydrogen-bond acceptors (Lipinski definition) is 3. The largest absolute Gasteiger partial charge is 0.459 e. The van der Waals surface area contributed by atoms with Gasteiger partial charge < -0.3 is 4.74 Å². The van der Waals surface area contributed by atoms with Gasteiger partial charge >= 0.3 is 5.97 Å². The summed E-state index contributed by atoms with van der Waals surface area (Å²) in [6.45, 7) is 8.51. The molecule has 0 amide bonds. The van der Waals surface area contributed by atoms with Crippen molar-refractivity contribution < 1.29 is 9.53 Å². The molecule has 1 unspecified atom stereocenters. The number of rotatable bonds is 5. The lowest BCUT2D eigenvalue weighted by molar-refractivity contribution is -0.155. The Morgan fingerprint density at radius 2 is 1.58 bits per heavy atom. The Labute approximate surface area is 156 Å². The van der Waals surface area contributed by atoms with E-state index in [1.807, 2.05) is 64.1 Å². The van der Waals surface area contributed by atoms with Gasteiger partial charge in [-0.3, -0.25) is 9.69 Å². The third kappa shape index (κ3) is 4.23. The van der Waals surface area contributed by atoms with Crippen molar-refractivity contribution in [2.24, 2.45) is 0 Å². The van der Waals surface area contributed by atoms with Crippen LogP contribution in [-0.4, -0.2) is 28.6 Å². The summed E-state index contributed by atoms with van der Waals surface area (Å²) >= 11 is 0. The minimum atomic E-state index is -0.481. The summed E-state index contributed by atoms with van der Waals surface area (Å²) in [5.41, 5.74) is 3.06. The molecular formula is C23H27NO2. The average Bonchev–Trinajstić information content (AvgIpc) is 3.29. The van der Waals surface area contributed by atoms with E-state index in [0.717, 1.165) is 12.1 Å². The zero-order chi connectivity index (χ0) is 18.7. The predicted octanol–water partition coefficient (Wildman–Crippen LogP) is 4.68. The lowest BCUT2D eigenvalue weighted by atomic mass is 10.0. The van der Waals surface area contributed by atoms with E-state index in [9.17, 15) is 4.79 Å². The van der Waals surface area contributed by atoms with E-state index in [1.54, 1.807) is 0 Å². The first-order chi connectivity index (χ1) is 12.4. The summed E-state index contributed by atoms with van der Waals surface area (Å²) in [6, 6.07) is 20.4. The highest BCUT2D eigenvalue weighted by Crippen LogP contribution is 2.41. The maximum atomic E-state index is 12.8. The molecular weight excluding hydrogens is 322 g/mol. The number of allylic oxidation sites excluding steroid dienone is 1. The first-order valence-corrected chi connectivity index (χ1v) is 9.15. The maximum Gasteiger partial charge on any atom is 0.325 e. The second-order valence-electron chi connectivity index (χ2n) is 7.69. The smallest absolute Gasteiger partial charge is 0.325 e. The van der Waals surface area contributed by atoms with Gasteiger partial charge in [0.2, 0.25) is 0 Å². The molecule has 26 heavy (non-hydrogen) atoms. The molecule has 2 aromatic rings. The Bertz CT molecular complexity index is 775. The van der Waals surface area contributed by atoms with Gasteiger partial charge in [0.05, 0.1) is 6.04 Å². The molecule has 3 nitrogen and oxygen atoms in total. The zero-order valence-corrected chi connectivity index (χ0v) is 16.0. The van der Waals surface area contributed by atoms with Gasteiger partial charge in [0.1, 0.15) is 11.6 Å². The van der Waals surface area contributed by atoms with Gasteiger partial charge in [-0.25, -0.2) is 0 Å². The SMILES string of the molecule is C/C=C(\c1ccccc1)[C@@H]1[C@H](C(=O)OC(C)(C)C)N1Cc1ccccc1. The second-order valence-corrected chi connectivity index (χ2v) is 7.69. The number of nitrogens with zero attached hydrogens (tertiary/aromatic N) is 1. The highest BCUT2D eigenvalue weighted by molar-refractivity contribution is 5.88. The summed E-state index contributed by atoms with van der Waals surface area (Å²) < 4.78 is 5.68. The third-order valence-electron chi connectivity index (χ3n) is 4.52. The van der Waals surface area contributed by atoms with Crippen molar-refractivity contribution in [1.29, 1.82) is 0 Å². The molecule has 3 heteroatoms. The third-order valence-corrected chi connectivity index (χ3v) is 4.52. The molecule has 0 radical (unpaired) electrons. The van der Waals surface area contributed by atoms with Crippen LogP contribution < -0.4 is 0 Å². The van der Waals surface area contributed by atoms with Crippen LogP contribution in [0.5, 0.6) is 0 Å². The Morgan fingerprint density at radius 1 is 1.00 bits per heavy atom. The minimum absolute atomic E-state index is 0.0532. The van der Waals surface area contributed by atoms with E-state index < -0.39 is 5.60 Å². The van der Waals surface area contributed by atoms with Crippen LogP contribution in [0.15, 0.2) is 66.7 Å². The molecule has 136 valence electrons. The lowest BCUT2D eigenvalue weighted by Gasteiger charge is -2.19. The Balaban J connectivity index is 1.85. The van der Waals surface area contributed by atoms with Crippen molar-refractivity contribution in [1.82, 2.24) is 4.90 Å². The van der Waals surface area contributed by atoms with Gasteiger partial charge in [-0.2, -0.15) is 0 Å². The van der Waals surface area contributed by atoms with Gasteiger partial charge in [-0.15, -0.1) is 0 Å². The molecule has 2 aromatic carbocycles. The minimum Gasteiger partial charge on any atom is -0.459 e. The van der Waals surface area contributed by atoms with Crippen LogP contribution in [-0.2, 0) is 16.1 Å². The van der Waals surface area contributed by atoms with Gasteiger partial charge in [-0.1, -0.05) is 66.7 Å². The maximum absolute atomic E-state index is 12.8. The van der Waals surface area contributed by atoms with E-state index >= 15 is 0 Å². The first kappa shape index (κ1) is 18.4. The van der Waals surface area contributed by atoms with Crippen molar-refractivity contribution in [2.45, 2.75) is 51.9 Å². The highest BCUT2D eigenvalue weighted by atomic mass is 16.6. The summed E-state index contributed by atoms with van der Waals surface area (Å²) in [4.78, 5) is 15.0. The summed E-state index contributed by atoms with van der Waals surface area (Å²) in [5.74, 6) is -0.145. The van der Waals surface area contributed by atoms with Gasteiger partial charge in [-0.05, 0) is 44.4 Å². The van der Waals surface area contributed by atoms with Crippen molar-refractivity contribution in [3.63, 3.8) is 0 Å². The molecule has 0 aliphatic carbocycles. The number of esters is 1. The van der Waals surface area contributed by atoms with E-state index in [4.69, 9.17) is 4.74 Å². The summed E-state index contributed by atoms with van der Waals surface area (Å²) in [6.07, 6.45) is 2.11. The van der Waals surface area contributed by atoms with Crippen LogP contribution >= 0.6 is 0 Å². The van der Waals surface area contributed by atoms with E-state index in [0.29, 0.717) is 0 Å². The quantitative estimate of drug-likeness (QED) is 0.579. The fourth-order valence-corrected chi connectivity index (χ4v) is 3.38. The van der Waals surface area contributed by atoms with Gasteiger partial charge in [0.25, 0.3) is 0 Å². The Hall–Kier alpha value is -2.39. The molecule has 0 N–H and O–H groups in total. The highest BCUT2D eigenvalue weighted by Gasteiger charge is 2.55. The zero-order valence-electron chi connectivity index (χ0n) is 16.0. The topological polar surface area (TPSA) is 29.3 Å². The van der Waals surface area contributed by atoms with Crippen molar-refractivity contribution in [3.05, 3.63) is 77.9 Å². The number of carbonyl (C=O) groups excluding carboxylic acids is 1. The number of benzene rings is 2. The fourth-order valence-electron chi connectivity index (χ4n) is 3.38. The molecule has 1 heterocycles. The van der Waals surface area contributed by atoms with Crippen LogP contribution in [0.4, 0.5) is 0 Å². The lowest BCUT2D eigenvalue weighted by Crippen LogP contribution is -2.28. The average molecular weight is 349 g/mol. The molecule has 0 bridgehead atoms. The fraction of sp³-hybridized carbons (Fsp3) is 0.348. The molecule has 3 rings (SSSR count). The standard InChI is InChI=1S/C23H27NO2/c1-5-19(18-14-10-7-11-15-18)20-21(22(25)26-23(2,3)4)24(20)16-17-12-8-6-9-13-17/h5-15,20-21H,16H2,1-4H3/b19-5+/t20-,21-,24?/m1/s1. The Kier molecular flexibility index (Phi) is 5.28. The molecule has 1 saturated heterocycles. The van der Waals surface area contributed by atoms with Gasteiger partial charge in [0.15, 0.2) is 0 Å². The van der Waals surface area contributed by atoms with E-state index in [2.05, 4.69) is 35.2 Å². The molecule has 3 atom stereocenters. The van der Waals surface area contributed by atoms with E-state index in [1.165, 1.54) is 11.1 Å². The van der Waals surface area contributed by atoms with Crippen LogP contribution in [0.1, 0.15) is 38.8 Å². The summed E-state index contributed by atoms with van der Waals surface area (Å²) in [5, 5.41) is 0. The van der Waals surface area contributed by atoms with Crippen LogP contribution in [0, 0.1) is 0 Å². The molecule has 0 spiro atoms. The number of carbonyl (C=O) groups is 1. The monoisotopic (exact) mass is 349 g/mol. The van der Waals surface area contributed by atoms with Crippen molar-refractivity contribution in [3.8, 4) is 0 Å². The predicted molar refractivity (Wildman–Crippen MR) is 105 cm³/mol. The molecule has 1 fully saturated rings. The van der Waals surface area contributed by atoms with Crippen LogP contribution in [0.3, 0.4) is 0 Å². The number of hydrogen-bond donors (Lipinski definition) is 0. The van der Waals surface area contributed by atoms with Crippen molar-refractivity contribution in [2.75, 3.05) is 0 Å².